The van der Waals surface area contributed by atoms with Crippen molar-refractivity contribution in [2.45, 2.75) is 33.1 Å². The van der Waals surface area contributed by atoms with E-state index in [4.69, 9.17) is 0 Å². The summed E-state index contributed by atoms with van der Waals surface area (Å²) in [6, 6.07) is 0. The highest BCUT2D eigenvalue weighted by atomic mass is 15.0. The third-order valence-corrected chi connectivity index (χ3v) is 3.92. The molecule has 3 rings (SSSR count). The number of aryl methyl sites for hydroxylation is 2. The molecule has 0 radical (unpaired) electrons. The minimum atomic E-state index is 0.609. The maximum Gasteiger partial charge on any atom is 0.197 e. The van der Waals surface area contributed by atoms with Gasteiger partial charge in [0, 0.05) is 24.3 Å². The Labute approximate surface area is 125 Å². The summed E-state index contributed by atoms with van der Waals surface area (Å²) < 4.78 is 0. The van der Waals surface area contributed by atoms with E-state index < -0.39 is 0 Å². The lowest BCUT2D eigenvalue weighted by Gasteiger charge is -2.23. The molecule has 110 valence electrons. The average Bonchev–Trinajstić information content (AvgIpc) is 2.53. The average molecular weight is 283 g/mol. The minimum absolute atomic E-state index is 0.609. The van der Waals surface area contributed by atoms with Crippen molar-refractivity contribution in [3.8, 4) is 11.6 Å². The predicted octanol–water partition coefficient (Wildman–Crippen LogP) is 1.96. The number of hydrogen-bond donors (Lipinski definition) is 1. The zero-order chi connectivity index (χ0) is 14.7. The third-order valence-electron chi connectivity index (χ3n) is 3.92. The molecular formula is C16H21N5. The second-order valence-electron chi connectivity index (χ2n) is 5.67. The largest absolute Gasteiger partial charge is 0.317 e. The maximum absolute atomic E-state index is 4.67. The molecule has 2 aromatic rings. The highest BCUT2D eigenvalue weighted by Gasteiger charge is 2.20. The molecule has 1 atom stereocenters. The molecule has 1 aliphatic carbocycles. The number of rotatable bonds is 4. The summed E-state index contributed by atoms with van der Waals surface area (Å²) in [5.74, 6) is 1.94. The lowest BCUT2D eigenvalue weighted by Crippen LogP contribution is -2.27. The van der Waals surface area contributed by atoms with Crippen LogP contribution >= 0.6 is 0 Å². The van der Waals surface area contributed by atoms with Gasteiger partial charge in [-0.25, -0.2) is 19.9 Å². The third kappa shape index (κ3) is 3.24. The van der Waals surface area contributed by atoms with Gasteiger partial charge in [-0.15, -0.1) is 0 Å². The first-order chi connectivity index (χ1) is 10.3. The molecule has 0 spiro atoms. The van der Waals surface area contributed by atoms with Crippen LogP contribution in [0.25, 0.3) is 11.6 Å². The molecule has 0 fully saturated rings. The van der Waals surface area contributed by atoms with Crippen LogP contribution < -0.4 is 5.32 Å². The number of hydrogen-bond acceptors (Lipinski definition) is 5. The van der Waals surface area contributed by atoms with Crippen molar-refractivity contribution in [2.75, 3.05) is 13.1 Å². The summed E-state index contributed by atoms with van der Waals surface area (Å²) in [5.41, 5.74) is 3.49. The molecule has 1 aliphatic rings. The highest BCUT2D eigenvalue weighted by Crippen LogP contribution is 2.24. The molecule has 2 heterocycles. The van der Waals surface area contributed by atoms with Crippen LogP contribution in [-0.2, 0) is 12.8 Å². The maximum atomic E-state index is 4.67. The SMILES string of the molecule is CCNCC1CCc2nc(-c3ncc(C)cn3)ncc2C1. The van der Waals surface area contributed by atoms with Gasteiger partial charge in [0.15, 0.2) is 11.6 Å². The molecule has 5 heteroatoms. The Morgan fingerprint density at radius 2 is 1.90 bits per heavy atom. The standard InChI is InChI=1S/C16H21N5/c1-3-17-9-12-4-5-14-13(6-12)10-20-16(21-14)15-18-7-11(2)8-19-15/h7-8,10,12,17H,3-6,9H2,1-2H3. The molecule has 1 N–H and O–H groups in total. The van der Waals surface area contributed by atoms with E-state index in [2.05, 4.69) is 32.2 Å². The zero-order valence-corrected chi connectivity index (χ0v) is 12.6. The van der Waals surface area contributed by atoms with Gasteiger partial charge in [0.25, 0.3) is 0 Å². The number of fused-ring (bicyclic) bond motifs is 1. The van der Waals surface area contributed by atoms with Crippen molar-refractivity contribution < 1.29 is 0 Å². The second-order valence-corrected chi connectivity index (χ2v) is 5.67. The van der Waals surface area contributed by atoms with Gasteiger partial charge in [0.05, 0.1) is 0 Å². The fourth-order valence-electron chi connectivity index (χ4n) is 2.72. The molecule has 2 aromatic heterocycles. The Morgan fingerprint density at radius 3 is 2.67 bits per heavy atom. The Morgan fingerprint density at radius 1 is 1.14 bits per heavy atom. The van der Waals surface area contributed by atoms with Crippen LogP contribution in [0.2, 0.25) is 0 Å². The van der Waals surface area contributed by atoms with Crippen molar-refractivity contribution in [1.29, 1.82) is 0 Å². The van der Waals surface area contributed by atoms with Crippen molar-refractivity contribution >= 4 is 0 Å². The minimum Gasteiger partial charge on any atom is -0.317 e. The van der Waals surface area contributed by atoms with Crippen molar-refractivity contribution in [2.24, 2.45) is 5.92 Å². The summed E-state index contributed by atoms with van der Waals surface area (Å²) in [6.07, 6.45) is 8.84. The molecule has 0 amide bonds. The normalized spacial score (nSPS) is 17.5. The molecule has 0 saturated carbocycles. The van der Waals surface area contributed by atoms with Crippen LogP contribution in [0.5, 0.6) is 0 Å². The van der Waals surface area contributed by atoms with Crippen LogP contribution in [0.4, 0.5) is 0 Å². The molecular weight excluding hydrogens is 262 g/mol. The van der Waals surface area contributed by atoms with E-state index in [9.17, 15) is 0 Å². The van der Waals surface area contributed by atoms with Gasteiger partial charge in [-0.2, -0.15) is 0 Å². The second kappa shape index (κ2) is 6.26. The summed E-state index contributed by atoms with van der Waals surface area (Å²) >= 11 is 0. The highest BCUT2D eigenvalue weighted by molar-refractivity contribution is 5.43. The lowest BCUT2D eigenvalue weighted by molar-refractivity contribution is 0.424. The summed E-state index contributed by atoms with van der Waals surface area (Å²) in [4.78, 5) is 17.7. The van der Waals surface area contributed by atoms with E-state index in [1.807, 2.05) is 13.1 Å². The summed E-state index contributed by atoms with van der Waals surface area (Å²) in [5, 5.41) is 3.43. The van der Waals surface area contributed by atoms with E-state index in [0.717, 1.165) is 37.2 Å². The monoisotopic (exact) mass is 283 g/mol. The Bertz CT molecular complexity index is 609. The summed E-state index contributed by atoms with van der Waals surface area (Å²) in [7, 11) is 0. The molecule has 0 aromatic carbocycles. The molecule has 0 aliphatic heterocycles. The smallest absolute Gasteiger partial charge is 0.197 e. The van der Waals surface area contributed by atoms with E-state index in [1.165, 1.54) is 12.0 Å². The first kappa shape index (κ1) is 14.1. The predicted molar refractivity (Wildman–Crippen MR) is 81.9 cm³/mol. The van der Waals surface area contributed by atoms with Gasteiger partial charge in [-0.3, -0.25) is 0 Å². The van der Waals surface area contributed by atoms with Crippen molar-refractivity contribution in [3.05, 3.63) is 35.4 Å². The lowest BCUT2D eigenvalue weighted by atomic mass is 9.87. The number of nitrogens with one attached hydrogen (secondary N) is 1. The quantitative estimate of drug-likeness (QED) is 0.929. The van der Waals surface area contributed by atoms with Gasteiger partial charge in [-0.1, -0.05) is 6.92 Å². The van der Waals surface area contributed by atoms with E-state index in [-0.39, 0.29) is 0 Å². The van der Waals surface area contributed by atoms with E-state index in [0.29, 0.717) is 17.6 Å². The Hall–Kier alpha value is -1.88. The van der Waals surface area contributed by atoms with Gasteiger partial charge >= 0.3 is 0 Å². The first-order valence-electron chi connectivity index (χ1n) is 7.60. The van der Waals surface area contributed by atoms with Crippen LogP contribution in [0.15, 0.2) is 18.6 Å². The zero-order valence-electron chi connectivity index (χ0n) is 12.6. The topological polar surface area (TPSA) is 63.6 Å². The van der Waals surface area contributed by atoms with Crippen molar-refractivity contribution in [1.82, 2.24) is 25.3 Å². The fraction of sp³-hybridized carbons (Fsp3) is 0.500. The van der Waals surface area contributed by atoms with Gasteiger partial charge in [-0.05, 0) is 56.3 Å². The van der Waals surface area contributed by atoms with Crippen LogP contribution in [0.1, 0.15) is 30.2 Å². The molecule has 0 bridgehead atoms. The van der Waals surface area contributed by atoms with Crippen molar-refractivity contribution in [3.63, 3.8) is 0 Å². The summed E-state index contributed by atoms with van der Waals surface area (Å²) in [6.45, 7) is 6.23. The molecule has 5 nitrogen and oxygen atoms in total. The molecule has 21 heavy (non-hydrogen) atoms. The van der Waals surface area contributed by atoms with Crippen LogP contribution in [-0.4, -0.2) is 33.0 Å². The number of aromatic nitrogens is 4. The van der Waals surface area contributed by atoms with Crippen LogP contribution in [0, 0.1) is 12.8 Å². The first-order valence-corrected chi connectivity index (χ1v) is 7.60. The van der Waals surface area contributed by atoms with E-state index in [1.54, 1.807) is 12.4 Å². The van der Waals surface area contributed by atoms with Gasteiger partial charge in [0.2, 0.25) is 0 Å². The van der Waals surface area contributed by atoms with Gasteiger partial charge in [0.1, 0.15) is 0 Å². The van der Waals surface area contributed by atoms with E-state index >= 15 is 0 Å². The number of nitrogens with zero attached hydrogens (tertiary/aromatic N) is 4. The van der Waals surface area contributed by atoms with Gasteiger partial charge < -0.3 is 5.32 Å². The van der Waals surface area contributed by atoms with Crippen LogP contribution in [0.3, 0.4) is 0 Å². The fourth-order valence-corrected chi connectivity index (χ4v) is 2.72. The molecule has 1 unspecified atom stereocenters. The Balaban J connectivity index is 1.78. The Kier molecular flexibility index (Phi) is 4.20. The molecule has 0 saturated heterocycles.